The standard InChI is InChI=1S/C13H13F3N2O5/c1-2-3-12(20)23-7-11(19)17-9-5-4-8(13(14,15)16)6-10(9)18(21)22/h4-6H,2-3,7H2,1H3,(H,17,19). The van der Waals surface area contributed by atoms with E-state index in [9.17, 15) is 32.9 Å². The van der Waals surface area contributed by atoms with Crippen LogP contribution in [0.1, 0.15) is 25.3 Å². The zero-order valence-corrected chi connectivity index (χ0v) is 12.0. The van der Waals surface area contributed by atoms with Gasteiger partial charge in [0.15, 0.2) is 6.61 Å². The summed E-state index contributed by atoms with van der Waals surface area (Å²) in [5, 5.41) is 12.9. The average Bonchev–Trinajstić information content (AvgIpc) is 2.44. The number of nitrogens with zero attached hydrogens (tertiary/aromatic N) is 1. The van der Waals surface area contributed by atoms with Gasteiger partial charge in [0.2, 0.25) is 0 Å². The van der Waals surface area contributed by atoms with Crippen molar-refractivity contribution in [3.63, 3.8) is 0 Å². The zero-order chi connectivity index (χ0) is 17.6. The summed E-state index contributed by atoms with van der Waals surface area (Å²) in [6, 6.07) is 1.69. The Balaban J connectivity index is 2.85. The van der Waals surface area contributed by atoms with Crippen molar-refractivity contribution < 1.29 is 32.4 Å². The highest BCUT2D eigenvalue weighted by molar-refractivity contribution is 5.94. The lowest BCUT2D eigenvalue weighted by molar-refractivity contribution is -0.384. The molecule has 0 aliphatic rings. The molecule has 0 saturated carbocycles. The first-order chi connectivity index (χ1) is 10.6. The van der Waals surface area contributed by atoms with Gasteiger partial charge >= 0.3 is 12.1 Å². The van der Waals surface area contributed by atoms with Crippen LogP contribution in [0.25, 0.3) is 0 Å². The minimum Gasteiger partial charge on any atom is -0.456 e. The van der Waals surface area contributed by atoms with Crippen LogP contribution < -0.4 is 5.32 Å². The summed E-state index contributed by atoms with van der Waals surface area (Å²) in [5.74, 6) is -1.51. The van der Waals surface area contributed by atoms with E-state index in [0.717, 1.165) is 6.07 Å². The molecule has 0 saturated heterocycles. The van der Waals surface area contributed by atoms with Gasteiger partial charge in [-0.3, -0.25) is 19.7 Å². The number of hydrogen-bond donors (Lipinski definition) is 1. The van der Waals surface area contributed by atoms with E-state index >= 15 is 0 Å². The third-order valence-corrected chi connectivity index (χ3v) is 2.61. The summed E-state index contributed by atoms with van der Waals surface area (Å²) in [6.45, 7) is 1.05. The van der Waals surface area contributed by atoms with Crippen LogP contribution in [0.2, 0.25) is 0 Å². The van der Waals surface area contributed by atoms with Crippen LogP contribution in [0.5, 0.6) is 0 Å². The van der Waals surface area contributed by atoms with Crippen molar-refractivity contribution in [1.29, 1.82) is 0 Å². The molecule has 0 unspecified atom stereocenters. The second kappa shape index (κ2) is 7.56. The van der Waals surface area contributed by atoms with Crippen LogP contribution in [0.15, 0.2) is 18.2 Å². The maximum Gasteiger partial charge on any atom is 0.416 e. The van der Waals surface area contributed by atoms with Crippen LogP contribution in [-0.2, 0) is 20.5 Å². The maximum absolute atomic E-state index is 12.5. The van der Waals surface area contributed by atoms with Gasteiger partial charge in [-0.2, -0.15) is 13.2 Å². The number of nitro groups is 1. The topological polar surface area (TPSA) is 98.5 Å². The predicted molar refractivity (Wildman–Crippen MR) is 72.6 cm³/mol. The molecule has 0 spiro atoms. The number of hydrogen-bond acceptors (Lipinski definition) is 5. The van der Waals surface area contributed by atoms with Crippen molar-refractivity contribution in [2.75, 3.05) is 11.9 Å². The van der Waals surface area contributed by atoms with Crippen LogP contribution in [-0.4, -0.2) is 23.4 Å². The molecular formula is C13H13F3N2O5. The van der Waals surface area contributed by atoms with Crippen molar-refractivity contribution in [1.82, 2.24) is 0 Å². The van der Waals surface area contributed by atoms with Gasteiger partial charge in [0.1, 0.15) is 5.69 Å². The summed E-state index contributed by atoms with van der Waals surface area (Å²) in [5.41, 5.74) is -2.54. The minimum absolute atomic E-state index is 0.105. The van der Waals surface area contributed by atoms with Gasteiger partial charge in [-0.15, -0.1) is 0 Å². The number of ether oxygens (including phenoxy) is 1. The molecule has 1 rings (SSSR count). The Morgan fingerprint density at radius 1 is 1.35 bits per heavy atom. The first kappa shape index (κ1) is 18.4. The smallest absolute Gasteiger partial charge is 0.416 e. The second-order valence-corrected chi connectivity index (χ2v) is 4.45. The molecule has 1 N–H and O–H groups in total. The lowest BCUT2D eigenvalue weighted by Crippen LogP contribution is -2.21. The van der Waals surface area contributed by atoms with Crippen molar-refractivity contribution in [2.45, 2.75) is 25.9 Å². The molecular weight excluding hydrogens is 321 g/mol. The Labute approximate surface area is 128 Å². The number of esters is 1. The number of carbonyl (C=O) groups is 2. The van der Waals surface area contributed by atoms with Crippen molar-refractivity contribution >= 4 is 23.3 Å². The summed E-state index contributed by atoms with van der Waals surface area (Å²) >= 11 is 0. The molecule has 0 aliphatic heterocycles. The first-order valence-corrected chi connectivity index (χ1v) is 6.46. The van der Waals surface area contributed by atoms with E-state index in [4.69, 9.17) is 0 Å². The van der Waals surface area contributed by atoms with Crippen LogP contribution in [0.3, 0.4) is 0 Å². The quantitative estimate of drug-likeness (QED) is 0.490. The Kier molecular flexibility index (Phi) is 6.05. The van der Waals surface area contributed by atoms with E-state index in [0.29, 0.717) is 18.6 Å². The molecule has 0 atom stereocenters. The van der Waals surface area contributed by atoms with E-state index in [1.165, 1.54) is 0 Å². The molecule has 0 aromatic heterocycles. The van der Waals surface area contributed by atoms with Crippen molar-refractivity contribution in [2.24, 2.45) is 0 Å². The highest BCUT2D eigenvalue weighted by Crippen LogP contribution is 2.34. The van der Waals surface area contributed by atoms with Gasteiger partial charge < -0.3 is 10.1 Å². The normalized spacial score (nSPS) is 11.0. The number of nitrogens with one attached hydrogen (secondary N) is 1. The number of halogens is 3. The van der Waals surface area contributed by atoms with Crippen LogP contribution in [0, 0.1) is 10.1 Å². The van der Waals surface area contributed by atoms with Gasteiger partial charge in [0.25, 0.3) is 11.6 Å². The van der Waals surface area contributed by atoms with E-state index in [1.54, 1.807) is 6.92 Å². The van der Waals surface area contributed by atoms with Gasteiger partial charge in [-0.1, -0.05) is 6.92 Å². The SMILES string of the molecule is CCCC(=O)OCC(=O)Nc1ccc(C(F)(F)F)cc1[N+](=O)[O-]. The lowest BCUT2D eigenvalue weighted by Gasteiger charge is -2.10. The monoisotopic (exact) mass is 334 g/mol. The Morgan fingerprint density at radius 2 is 2.00 bits per heavy atom. The molecule has 1 aromatic carbocycles. The third kappa shape index (κ3) is 5.57. The van der Waals surface area contributed by atoms with E-state index < -0.39 is 46.5 Å². The molecule has 23 heavy (non-hydrogen) atoms. The van der Waals surface area contributed by atoms with Crippen LogP contribution >= 0.6 is 0 Å². The third-order valence-electron chi connectivity index (χ3n) is 2.61. The maximum atomic E-state index is 12.5. The molecule has 7 nitrogen and oxygen atoms in total. The van der Waals surface area contributed by atoms with Gasteiger partial charge in [-0.05, 0) is 18.6 Å². The van der Waals surface area contributed by atoms with Gasteiger partial charge in [0, 0.05) is 12.5 Å². The summed E-state index contributed by atoms with van der Waals surface area (Å²) in [6.07, 6.45) is -4.12. The molecule has 0 bridgehead atoms. The number of amides is 1. The molecule has 1 aromatic rings. The summed E-state index contributed by atoms with van der Waals surface area (Å²) in [7, 11) is 0. The molecule has 0 aliphatic carbocycles. The molecule has 0 fully saturated rings. The minimum atomic E-state index is -4.75. The molecule has 0 radical (unpaired) electrons. The van der Waals surface area contributed by atoms with Crippen molar-refractivity contribution in [3.8, 4) is 0 Å². The molecule has 0 heterocycles. The number of nitro benzene ring substituents is 1. The first-order valence-electron chi connectivity index (χ1n) is 6.46. The highest BCUT2D eigenvalue weighted by atomic mass is 19.4. The molecule has 1 amide bonds. The number of carbonyl (C=O) groups excluding carboxylic acids is 2. The number of benzene rings is 1. The fourth-order valence-electron chi connectivity index (χ4n) is 1.57. The molecule has 126 valence electrons. The van der Waals surface area contributed by atoms with E-state index in [2.05, 4.69) is 4.74 Å². The van der Waals surface area contributed by atoms with Crippen molar-refractivity contribution in [3.05, 3.63) is 33.9 Å². The predicted octanol–water partition coefficient (Wildman–Crippen LogP) is 2.90. The number of anilines is 1. The lowest BCUT2D eigenvalue weighted by atomic mass is 10.1. The highest BCUT2D eigenvalue weighted by Gasteiger charge is 2.33. The van der Waals surface area contributed by atoms with Gasteiger partial charge in [-0.25, -0.2) is 0 Å². The van der Waals surface area contributed by atoms with E-state index in [-0.39, 0.29) is 6.42 Å². The molecule has 10 heteroatoms. The Bertz CT molecular complexity index is 616. The Morgan fingerprint density at radius 3 is 2.52 bits per heavy atom. The fraction of sp³-hybridized carbons (Fsp3) is 0.385. The average molecular weight is 334 g/mol. The summed E-state index contributed by atoms with van der Waals surface area (Å²) < 4.78 is 42.2. The fourth-order valence-corrected chi connectivity index (χ4v) is 1.57. The van der Waals surface area contributed by atoms with Crippen LogP contribution in [0.4, 0.5) is 24.5 Å². The summed E-state index contributed by atoms with van der Waals surface area (Å²) in [4.78, 5) is 32.4. The second-order valence-electron chi connectivity index (χ2n) is 4.45. The largest absolute Gasteiger partial charge is 0.456 e. The number of rotatable bonds is 6. The van der Waals surface area contributed by atoms with E-state index in [1.807, 2.05) is 5.32 Å². The zero-order valence-electron chi connectivity index (χ0n) is 12.0. The Hall–Kier alpha value is -2.65. The van der Waals surface area contributed by atoms with Gasteiger partial charge in [0.05, 0.1) is 10.5 Å². The number of alkyl halides is 3.